The summed E-state index contributed by atoms with van der Waals surface area (Å²) in [5.41, 5.74) is 15.0. The first-order valence-corrected chi connectivity index (χ1v) is 19.6. The van der Waals surface area contributed by atoms with E-state index in [4.69, 9.17) is 4.99 Å². The number of para-hydroxylation sites is 3. The predicted octanol–water partition coefficient (Wildman–Crippen LogP) is 13.0. The van der Waals surface area contributed by atoms with Crippen LogP contribution in [-0.2, 0) is 0 Å². The van der Waals surface area contributed by atoms with Crippen LogP contribution in [0.15, 0.2) is 205 Å². The summed E-state index contributed by atoms with van der Waals surface area (Å²) in [6, 6.07) is 70.0. The molecule has 1 unspecified atom stereocenters. The third kappa shape index (κ3) is 5.65. The van der Waals surface area contributed by atoms with Gasteiger partial charge in [0, 0.05) is 44.5 Å². The highest BCUT2D eigenvalue weighted by Crippen LogP contribution is 2.38. The Hall–Kier alpha value is -7.43. The number of benzene rings is 8. The van der Waals surface area contributed by atoms with Gasteiger partial charge < -0.3 is 14.5 Å². The summed E-state index contributed by atoms with van der Waals surface area (Å²) in [5.74, 6) is 0.876. The number of nitrogens with one attached hydrogen (secondary N) is 1. The van der Waals surface area contributed by atoms with E-state index in [9.17, 15) is 0 Å². The molecule has 0 fully saturated rings. The van der Waals surface area contributed by atoms with Gasteiger partial charge in [0.05, 0.1) is 27.8 Å². The summed E-state index contributed by atoms with van der Waals surface area (Å²) in [6.07, 6.45) is 2.20. The van der Waals surface area contributed by atoms with E-state index < -0.39 is 0 Å². The molecule has 4 nitrogen and oxygen atoms in total. The molecule has 1 N–H and O–H groups in total. The molecule has 2 aromatic heterocycles. The number of hydrogen-bond acceptors (Lipinski definition) is 2. The van der Waals surface area contributed by atoms with Crippen LogP contribution in [0.5, 0.6) is 0 Å². The lowest BCUT2D eigenvalue weighted by Gasteiger charge is -2.22. The first kappa shape index (κ1) is 33.0. The maximum atomic E-state index is 5.18. The van der Waals surface area contributed by atoms with Crippen LogP contribution < -0.4 is 5.32 Å². The van der Waals surface area contributed by atoms with Crippen LogP contribution >= 0.6 is 0 Å². The lowest BCUT2D eigenvalue weighted by Crippen LogP contribution is -2.34. The van der Waals surface area contributed by atoms with Crippen molar-refractivity contribution >= 4 is 55.1 Å². The highest BCUT2D eigenvalue weighted by atomic mass is 15.0. The molecule has 0 saturated carbocycles. The van der Waals surface area contributed by atoms with Crippen LogP contribution in [0.25, 0.3) is 82.9 Å². The molecule has 0 radical (unpaired) electrons. The zero-order chi connectivity index (χ0) is 37.9. The molecule has 11 rings (SSSR count). The van der Waals surface area contributed by atoms with Crippen molar-refractivity contribution < 1.29 is 0 Å². The van der Waals surface area contributed by atoms with Crippen molar-refractivity contribution in [2.45, 2.75) is 13.0 Å². The molecule has 4 heteroatoms. The number of aliphatic imine (C=N–C) groups is 1. The molecule has 1 aliphatic heterocycles. The van der Waals surface area contributed by atoms with E-state index in [1.165, 1.54) is 71.6 Å². The molecule has 1 atom stereocenters. The Bertz CT molecular complexity index is 3200. The largest absolute Gasteiger partial charge is 0.364 e. The quantitative estimate of drug-likeness (QED) is 0.182. The first-order chi connectivity index (χ1) is 28.2. The molecule has 0 spiro atoms. The van der Waals surface area contributed by atoms with Crippen molar-refractivity contribution in [2.75, 3.05) is 0 Å². The van der Waals surface area contributed by atoms with Crippen LogP contribution in [0.2, 0.25) is 0 Å². The van der Waals surface area contributed by atoms with E-state index in [0.29, 0.717) is 0 Å². The minimum Gasteiger partial charge on any atom is -0.364 e. The predicted molar refractivity (Wildman–Crippen MR) is 240 cm³/mol. The molecule has 0 bridgehead atoms. The second kappa shape index (κ2) is 13.4. The van der Waals surface area contributed by atoms with Gasteiger partial charge in [-0.2, -0.15) is 0 Å². The molecule has 3 heterocycles. The van der Waals surface area contributed by atoms with Crippen molar-refractivity contribution in [3.63, 3.8) is 0 Å². The molecule has 1 aliphatic rings. The Kier molecular flexibility index (Phi) is 7.75. The summed E-state index contributed by atoms with van der Waals surface area (Å²) in [4.78, 5) is 5.18. The normalized spacial score (nSPS) is 14.2. The van der Waals surface area contributed by atoms with Gasteiger partial charge in [0.15, 0.2) is 0 Å². The Morgan fingerprint density at radius 2 is 0.860 bits per heavy atom. The van der Waals surface area contributed by atoms with Crippen molar-refractivity contribution in [2.24, 2.45) is 4.99 Å². The minimum atomic E-state index is 0.130. The molecular weight excluding hydrogens is 693 g/mol. The fourth-order valence-corrected chi connectivity index (χ4v) is 8.69. The van der Waals surface area contributed by atoms with Gasteiger partial charge in [-0.15, -0.1) is 0 Å². The van der Waals surface area contributed by atoms with Crippen molar-refractivity contribution in [3.8, 4) is 33.6 Å². The number of rotatable bonds is 6. The van der Waals surface area contributed by atoms with Gasteiger partial charge in [0.2, 0.25) is 0 Å². The first-order valence-electron chi connectivity index (χ1n) is 19.6. The van der Waals surface area contributed by atoms with Crippen LogP contribution in [0, 0.1) is 0 Å². The van der Waals surface area contributed by atoms with E-state index in [2.05, 4.69) is 222 Å². The second-order valence-electron chi connectivity index (χ2n) is 14.9. The van der Waals surface area contributed by atoms with E-state index >= 15 is 0 Å². The van der Waals surface area contributed by atoms with E-state index in [-0.39, 0.29) is 6.04 Å². The van der Waals surface area contributed by atoms with Gasteiger partial charge in [-0.05, 0) is 101 Å². The third-order valence-corrected chi connectivity index (χ3v) is 11.4. The molecule has 0 aliphatic carbocycles. The van der Waals surface area contributed by atoms with Crippen LogP contribution in [0.3, 0.4) is 0 Å². The highest BCUT2D eigenvalue weighted by molar-refractivity contribution is 6.13. The fraction of sp³-hybridized carbons (Fsp3) is 0.0377. The Morgan fingerprint density at radius 1 is 0.386 bits per heavy atom. The molecule has 57 heavy (non-hydrogen) atoms. The van der Waals surface area contributed by atoms with Gasteiger partial charge in [-0.1, -0.05) is 133 Å². The highest BCUT2D eigenvalue weighted by Gasteiger charge is 2.19. The van der Waals surface area contributed by atoms with Crippen molar-refractivity contribution in [1.29, 1.82) is 0 Å². The molecule has 0 saturated heterocycles. The van der Waals surface area contributed by atoms with Gasteiger partial charge in [0.25, 0.3) is 0 Å². The van der Waals surface area contributed by atoms with Crippen LogP contribution in [-0.4, -0.2) is 21.0 Å². The molecule has 10 aromatic rings. The smallest absolute Gasteiger partial charge is 0.134 e. The Labute approximate surface area is 331 Å². The molecule has 270 valence electrons. The summed E-state index contributed by atoms with van der Waals surface area (Å²) in [5, 5.41) is 8.60. The molecular formula is C53H38N4. The van der Waals surface area contributed by atoms with Gasteiger partial charge in [0.1, 0.15) is 5.84 Å². The van der Waals surface area contributed by atoms with E-state index in [1.807, 2.05) is 0 Å². The number of nitrogens with zero attached hydrogens (tertiary/aromatic N) is 3. The average Bonchev–Trinajstić information content (AvgIpc) is 3.79. The second-order valence-corrected chi connectivity index (χ2v) is 14.9. The number of fused-ring (bicyclic) bond motifs is 6. The number of hydrogen-bond donors (Lipinski definition) is 1. The van der Waals surface area contributed by atoms with E-state index in [0.717, 1.165) is 28.3 Å². The van der Waals surface area contributed by atoms with Gasteiger partial charge in [-0.3, -0.25) is 0 Å². The maximum Gasteiger partial charge on any atom is 0.134 e. The van der Waals surface area contributed by atoms with Crippen LogP contribution in [0.4, 0.5) is 0 Å². The SMILES string of the molecule is CC1C=C(c2ccc(-c3ccccc3)cc2)N=C(c2cccc(-n3c4ccccc4c4cc(-c5ccc6c(c5)c5ccccc5n6-c5ccccc5)ccc43)c2)N1. The average molecular weight is 731 g/mol. The summed E-state index contributed by atoms with van der Waals surface area (Å²) >= 11 is 0. The Balaban J connectivity index is 0.979. The summed E-state index contributed by atoms with van der Waals surface area (Å²) < 4.78 is 4.76. The maximum absolute atomic E-state index is 5.18. The summed E-state index contributed by atoms with van der Waals surface area (Å²) in [6.45, 7) is 2.18. The zero-order valence-electron chi connectivity index (χ0n) is 31.5. The number of aromatic nitrogens is 2. The van der Waals surface area contributed by atoms with Gasteiger partial charge in [-0.25, -0.2) is 4.99 Å². The Morgan fingerprint density at radius 3 is 1.51 bits per heavy atom. The zero-order valence-corrected chi connectivity index (χ0v) is 31.5. The molecule has 8 aromatic carbocycles. The van der Waals surface area contributed by atoms with Crippen molar-refractivity contribution in [3.05, 3.63) is 211 Å². The van der Waals surface area contributed by atoms with E-state index in [1.54, 1.807) is 0 Å². The lowest BCUT2D eigenvalue weighted by molar-refractivity contribution is 0.795. The monoisotopic (exact) mass is 730 g/mol. The van der Waals surface area contributed by atoms with Crippen molar-refractivity contribution in [1.82, 2.24) is 14.5 Å². The lowest BCUT2D eigenvalue weighted by atomic mass is 10.0. The standard InChI is InChI=1S/C53H38N4/c1-35-31-48(38-25-23-37(24-26-38)36-13-4-2-5-14-36)55-53(54-35)41-15-12-18-43(32-41)57-50-22-11-9-20-45(50)47-34-40(28-30-52(47)57)39-27-29-51-46(33-39)44-19-8-10-21-49(44)56(51)42-16-6-3-7-17-42/h2-35H,1H3,(H,54,55). The van der Waals surface area contributed by atoms with Crippen LogP contribution in [0.1, 0.15) is 18.1 Å². The minimum absolute atomic E-state index is 0.130. The third-order valence-electron chi connectivity index (χ3n) is 11.4. The fourth-order valence-electron chi connectivity index (χ4n) is 8.69. The topological polar surface area (TPSA) is 34.2 Å². The molecule has 0 amide bonds. The number of amidine groups is 1. The van der Waals surface area contributed by atoms with Gasteiger partial charge >= 0.3 is 0 Å². The summed E-state index contributed by atoms with van der Waals surface area (Å²) in [7, 11) is 0.